The van der Waals surface area contributed by atoms with Gasteiger partial charge in [0.25, 0.3) is 5.56 Å². The zero-order chi connectivity index (χ0) is 25.2. The van der Waals surface area contributed by atoms with E-state index in [1.54, 1.807) is 0 Å². The fourth-order valence-corrected chi connectivity index (χ4v) is 4.97. The monoisotopic (exact) mass is 505 g/mol. The largest absolute Gasteiger partial charge is 0.417 e. The van der Waals surface area contributed by atoms with E-state index in [9.17, 15) is 22.8 Å². The lowest BCUT2D eigenvalue weighted by molar-refractivity contribution is -0.137. The normalized spacial score (nSPS) is 18.9. The Labute approximate surface area is 201 Å². The third kappa shape index (κ3) is 3.56. The Kier molecular flexibility index (Phi) is 4.81. The first kappa shape index (κ1) is 22.1. The molecule has 0 unspecified atom stereocenters. The van der Waals surface area contributed by atoms with Gasteiger partial charge in [-0.1, -0.05) is 0 Å². The molecule has 0 saturated carbocycles. The highest BCUT2D eigenvalue weighted by Gasteiger charge is 2.44. The molecule has 188 valence electrons. The van der Waals surface area contributed by atoms with Crippen molar-refractivity contribution in [2.24, 2.45) is 0 Å². The van der Waals surface area contributed by atoms with Crippen molar-refractivity contribution in [2.75, 3.05) is 5.32 Å². The number of urea groups is 1. The number of rotatable bonds is 2. The Morgan fingerprint density at radius 3 is 2.83 bits per heavy atom. The quantitative estimate of drug-likeness (QED) is 0.388. The third-order valence-electron chi connectivity index (χ3n) is 6.51. The minimum Gasteiger partial charge on any atom is -0.313 e. The highest BCUT2D eigenvalue weighted by Crippen LogP contribution is 2.43. The molecule has 2 aliphatic heterocycles. The highest BCUT2D eigenvalue weighted by atomic mass is 19.4. The summed E-state index contributed by atoms with van der Waals surface area (Å²) < 4.78 is 61.5. The minimum absolute atomic E-state index is 0. The average molecular weight is 505 g/mol. The van der Waals surface area contributed by atoms with Crippen LogP contribution in [0.2, 0.25) is 0 Å². The topological polar surface area (TPSA) is 130 Å². The lowest BCUT2D eigenvalue weighted by Crippen LogP contribution is -2.45. The van der Waals surface area contributed by atoms with E-state index in [2.05, 4.69) is 35.4 Å². The molecule has 2 atom stereocenters. The van der Waals surface area contributed by atoms with Crippen molar-refractivity contribution in [1.29, 1.82) is 0 Å². The van der Waals surface area contributed by atoms with Gasteiger partial charge in [-0.3, -0.25) is 4.79 Å². The number of halogens is 4. The summed E-state index contributed by atoms with van der Waals surface area (Å²) in [5, 5.41) is 15.8. The summed E-state index contributed by atoms with van der Waals surface area (Å²) in [4.78, 5) is 30.1. The van der Waals surface area contributed by atoms with Gasteiger partial charge in [-0.2, -0.15) is 18.3 Å². The first-order chi connectivity index (χ1) is 17.2. The Morgan fingerprint density at radius 1 is 1.19 bits per heavy atom. The van der Waals surface area contributed by atoms with Crippen LogP contribution in [0.25, 0.3) is 22.3 Å². The number of hydrogen-bond acceptors (Lipinski definition) is 7. The first-order valence-corrected chi connectivity index (χ1v) is 10.9. The van der Waals surface area contributed by atoms with Crippen LogP contribution in [0.4, 0.5) is 28.0 Å². The van der Waals surface area contributed by atoms with Gasteiger partial charge in [0.2, 0.25) is 5.65 Å². The van der Waals surface area contributed by atoms with E-state index >= 15 is 4.39 Å². The molecule has 3 aromatic heterocycles. The number of carbonyl (C=O) groups is 1. The standard InChI is InChI=1S/C22H15F4N7O3.2H2/c23-14-6-12(10-4-16-20(27-8-10)32-36-31-16)13(22(24,25)26)7-15(14)28-21(35)33-11-1-2-17(33)19-9(3-11)5-18(34)29-30-19;;/h4-8,11,17H,1-3H2,(H,28,35)(H,29,34);2*1H/t11-,17+;;/m0../s1. The van der Waals surface area contributed by atoms with Crippen LogP contribution in [0, 0.1) is 5.82 Å². The van der Waals surface area contributed by atoms with Crippen LogP contribution in [0.3, 0.4) is 0 Å². The maximum Gasteiger partial charge on any atom is 0.417 e. The van der Waals surface area contributed by atoms with Crippen molar-refractivity contribution >= 4 is 22.9 Å². The number of pyridine rings is 1. The SMILES string of the molecule is O=C(Nc1cc(C(F)(F)F)c(-c2cnc3nonc3c2)cc1F)N1[C@H]2CC[C@@H]1c1n[nH]c(=O)cc1C2.[HH].[HH]. The summed E-state index contributed by atoms with van der Waals surface area (Å²) in [7, 11) is 0. The summed E-state index contributed by atoms with van der Waals surface area (Å²) in [6.45, 7) is 0. The molecule has 1 aromatic carbocycles. The van der Waals surface area contributed by atoms with Crippen LogP contribution >= 0.6 is 0 Å². The van der Waals surface area contributed by atoms with E-state index in [0.29, 0.717) is 37.1 Å². The molecule has 1 saturated heterocycles. The number of benzene rings is 1. The van der Waals surface area contributed by atoms with Gasteiger partial charge in [-0.05, 0) is 58.9 Å². The van der Waals surface area contributed by atoms with Crippen LogP contribution in [0.1, 0.15) is 38.6 Å². The van der Waals surface area contributed by atoms with Crippen LogP contribution < -0.4 is 10.9 Å². The summed E-state index contributed by atoms with van der Waals surface area (Å²) in [6.07, 6.45) is -2.21. The molecular weight excluding hydrogens is 486 g/mol. The predicted molar refractivity (Wildman–Crippen MR) is 119 cm³/mol. The molecular formula is C22H19F4N7O3. The Hall–Kier alpha value is -4.36. The van der Waals surface area contributed by atoms with Crippen molar-refractivity contribution in [3.05, 3.63) is 63.5 Å². The third-order valence-corrected chi connectivity index (χ3v) is 6.51. The first-order valence-electron chi connectivity index (χ1n) is 10.9. The Balaban J connectivity index is 0.00000168. The van der Waals surface area contributed by atoms with Gasteiger partial charge in [0.15, 0.2) is 5.52 Å². The van der Waals surface area contributed by atoms with Crippen molar-refractivity contribution in [2.45, 2.75) is 37.5 Å². The molecule has 2 bridgehead atoms. The fourth-order valence-electron chi connectivity index (χ4n) is 4.97. The zero-order valence-electron chi connectivity index (χ0n) is 18.1. The fraction of sp³-hybridized carbons (Fsp3) is 0.273. The van der Waals surface area contributed by atoms with E-state index in [4.69, 9.17) is 0 Å². The van der Waals surface area contributed by atoms with Crippen molar-refractivity contribution in [3.8, 4) is 11.1 Å². The molecule has 0 radical (unpaired) electrons. The molecule has 0 aliphatic carbocycles. The smallest absolute Gasteiger partial charge is 0.313 e. The second-order valence-electron chi connectivity index (χ2n) is 8.64. The van der Waals surface area contributed by atoms with Crippen molar-refractivity contribution in [3.63, 3.8) is 0 Å². The average Bonchev–Trinajstić information content (AvgIpc) is 3.42. The van der Waals surface area contributed by atoms with E-state index in [-0.39, 0.29) is 31.2 Å². The van der Waals surface area contributed by atoms with Gasteiger partial charge in [-0.25, -0.2) is 23.9 Å². The lowest BCUT2D eigenvalue weighted by Gasteiger charge is -2.35. The van der Waals surface area contributed by atoms with E-state index < -0.39 is 40.9 Å². The predicted octanol–water partition coefficient (Wildman–Crippen LogP) is 4.31. The molecule has 14 heteroatoms. The van der Waals surface area contributed by atoms with Crippen molar-refractivity contribution < 1.29 is 29.8 Å². The van der Waals surface area contributed by atoms with Gasteiger partial charge >= 0.3 is 12.2 Å². The van der Waals surface area contributed by atoms with Crippen molar-refractivity contribution in [1.82, 2.24) is 30.4 Å². The number of H-pyrrole nitrogens is 1. The maximum absolute atomic E-state index is 15.1. The van der Waals surface area contributed by atoms with Gasteiger partial charge in [0, 0.05) is 26.7 Å². The van der Waals surface area contributed by atoms with Gasteiger partial charge in [-0.15, -0.1) is 0 Å². The number of fused-ring (bicyclic) bond motifs is 5. The summed E-state index contributed by atoms with van der Waals surface area (Å²) in [6, 6.07) is 2.42. The van der Waals surface area contributed by atoms with E-state index in [0.717, 1.165) is 11.8 Å². The van der Waals surface area contributed by atoms with Crippen LogP contribution in [-0.2, 0) is 12.6 Å². The number of amides is 2. The Morgan fingerprint density at radius 2 is 2.03 bits per heavy atom. The Bertz CT molecular complexity index is 1590. The highest BCUT2D eigenvalue weighted by molar-refractivity contribution is 5.91. The number of nitrogens with one attached hydrogen (secondary N) is 2. The number of hydrogen-bond donors (Lipinski definition) is 2. The number of aromatic amines is 1. The number of alkyl halides is 3. The number of nitrogens with zero attached hydrogens (tertiary/aromatic N) is 5. The molecule has 10 nitrogen and oxygen atoms in total. The number of carbonyl (C=O) groups excluding carboxylic acids is 1. The van der Waals surface area contributed by atoms with Crippen LogP contribution in [0.5, 0.6) is 0 Å². The molecule has 2 aliphatic rings. The molecule has 5 heterocycles. The molecule has 4 aromatic rings. The maximum atomic E-state index is 15.1. The van der Waals surface area contributed by atoms with E-state index in [1.165, 1.54) is 17.0 Å². The second kappa shape index (κ2) is 7.83. The summed E-state index contributed by atoms with van der Waals surface area (Å²) >= 11 is 0. The van der Waals surface area contributed by atoms with Gasteiger partial charge in [0.1, 0.15) is 5.82 Å². The minimum atomic E-state index is -4.86. The molecule has 0 spiro atoms. The summed E-state index contributed by atoms with van der Waals surface area (Å²) in [5.41, 5.74) is -1.22. The second-order valence-corrected chi connectivity index (χ2v) is 8.64. The number of anilines is 1. The summed E-state index contributed by atoms with van der Waals surface area (Å²) in [5.74, 6) is -1.06. The van der Waals surface area contributed by atoms with Gasteiger partial charge < -0.3 is 10.2 Å². The van der Waals surface area contributed by atoms with Gasteiger partial charge in [0.05, 0.1) is 23.0 Å². The van der Waals surface area contributed by atoms with E-state index in [1.807, 2.05) is 0 Å². The number of aromatic nitrogens is 5. The lowest BCUT2D eigenvalue weighted by atomic mass is 9.98. The molecule has 1 fully saturated rings. The van der Waals surface area contributed by atoms with Crippen LogP contribution in [0.15, 0.2) is 39.9 Å². The molecule has 2 N–H and O–H groups in total. The molecule has 6 rings (SSSR count). The zero-order valence-corrected chi connectivity index (χ0v) is 18.1. The molecule has 36 heavy (non-hydrogen) atoms. The van der Waals surface area contributed by atoms with Crippen LogP contribution in [-0.4, -0.2) is 42.5 Å². The molecule has 2 amide bonds.